The molecule has 134 valence electrons. The molecule has 26 heavy (non-hydrogen) atoms. The van der Waals surface area contributed by atoms with Crippen LogP contribution in [0.5, 0.6) is 0 Å². The van der Waals surface area contributed by atoms with E-state index in [0.29, 0.717) is 11.4 Å². The van der Waals surface area contributed by atoms with Gasteiger partial charge in [0.05, 0.1) is 31.9 Å². The van der Waals surface area contributed by atoms with Crippen LogP contribution in [0.2, 0.25) is 0 Å². The van der Waals surface area contributed by atoms with Gasteiger partial charge in [0.2, 0.25) is 10.7 Å². The Kier molecular flexibility index (Phi) is 4.72. The summed E-state index contributed by atoms with van der Waals surface area (Å²) in [5.41, 5.74) is 2.14. The van der Waals surface area contributed by atoms with E-state index in [1.807, 2.05) is 30.3 Å². The molecule has 0 saturated carbocycles. The fourth-order valence-corrected chi connectivity index (χ4v) is 3.31. The molecule has 1 saturated heterocycles. The fourth-order valence-electron chi connectivity index (χ4n) is 3.07. The monoisotopic (exact) mass is 369 g/mol. The third-order valence-electron chi connectivity index (χ3n) is 4.60. The largest absolute Gasteiger partial charge is 0.330 e. The molecule has 0 unspecified atom stereocenters. The number of rotatable bonds is 4. The van der Waals surface area contributed by atoms with Crippen LogP contribution >= 0.6 is 12.2 Å². The average molecular weight is 369 g/mol. The minimum Gasteiger partial charge on any atom is -0.330 e. The van der Waals surface area contributed by atoms with Crippen molar-refractivity contribution >= 4 is 18.2 Å². The van der Waals surface area contributed by atoms with Gasteiger partial charge in [0, 0.05) is 12.4 Å². The Hall–Kier alpha value is -2.65. The van der Waals surface area contributed by atoms with Crippen LogP contribution in [-0.2, 0) is 6.67 Å². The van der Waals surface area contributed by atoms with Gasteiger partial charge in [0.25, 0.3) is 0 Å². The van der Waals surface area contributed by atoms with Gasteiger partial charge < -0.3 is 9.80 Å². The number of quaternary nitrogens is 1. The molecule has 1 N–H and O–H groups in total. The highest BCUT2D eigenvalue weighted by molar-refractivity contribution is 7.71. The van der Waals surface area contributed by atoms with Gasteiger partial charge in [-0.05, 0) is 47.8 Å². The van der Waals surface area contributed by atoms with Gasteiger partial charge >= 0.3 is 0 Å². The molecule has 1 aliphatic rings. The lowest BCUT2D eigenvalue weighted by Crippen LogP contribution is -3.14. The van der Waals surface area contributed by atoms with Crippen molar-refractivity contribution in [2.75, 3.05) is 31.1 Å². The van der Waals surface area contributed by atoms with E-state index in [0.717, 1.165) is 37.8 Å². The molecule has 0 atom stereocenters. The molecule has 2 aromatic heterocycles. The second kappa shape index (κ2) is 7.30. The molecule has 9 heteroatoms. The first kappa shape index (κ1) is 16.8. The summed E-state index contributed by atoms with van der Waals surface area (Å²) in [6.45, 7) is 6.57. The second-order valence-corrected chi connectivity index (χ2v) is 6.82. The maximum Gasteiger partial charge on any atom is 0.225 e. The van der Waals surface area contributed by atoms with Crippen LogP contribution in [0.15, 0.2) is 42.7 Å². The topological polar surface area (TPSA) is 69.1 Å². The van der Waals surface area contributed by atoms with Crippen LogP contribution in [0.4, 0.5) is 5.95 Å². The normalized spacial score (nSPS) is 15.3. The summed E-state index contributed by atoms with van der Waals surface area (Å²) >= 11 is 5.57. The number of anilines is 1. The van der Waals surface area contributed by atoms with E-state index in [4.69, 9.17) is 12.2 Å². The maximum absolute atomic E-state index is 5.57. The Morgan fingerprint density at radius 2 is 1.73 bits per heavy atom. The highest BCUT2D eigenvalue weighted by atomic mass is 32.1. The third-order valence-corrected chi connectivity index (χ3v) is 4.98. The molecule has 0 amide bonds. The molecule has 0 bridgehead atoms. The molecule has 1 aliphatic heterocycles. The van der Waals surface area contributed by atoms with E-state index in [-0.39, 0.29) is 0 Å². The predicted octanol–water partition coefficient (Wildman–Crippen LogP) is 0.259. The van der Waals surface area contributed by atoms with E-state index >= 15 is 0 Å². The van der Waals surface area contributed by atoms with Crippen molar-refractivity contribution in [2.45, 2.75) is 13.6 Å². The first-order valence-electron chi connectivity index (χ1n) is 8.66. The summed E-state index contributed by atoms with van der Waals surface area (Å²) in [5, 5.41) is 8.48. The van der Waals surface area contributed by atoms with E-state index in [2.05, 4.69) is 32.2 Å². The van der Waals surface area contributed by atoms with Crippen LogP contribution in [0.1, 0.15) is 5.56 Å². The third kappa shape index (κ3) is 3.49. The molecule has 4 rings (SSSR count). The quantitative estimate of drug-likeness (QED) is 0.666. The number of aryl methyl sites for hydroxylation is 1. The Balaban J connectivity index is 1.41. The van der Waals surface area contributed by atoms with E-state index in [1.54, 1.807) is 21.8 Å². The average Bonchev–Trinajstić information content (AvgIpc) is 3.04. The zero-order chi connectivity index (χ0) is 17.9. The van der Waals surface area contributed by atoms with Gasteiger partial charge in [-0.3, -0.25) is 0 Å². The number of hydrogen-bond acceptors (Lipinski definition) is 6. The molecular formula is C17H21N8S+. The molecule has 0 radical (unpaired) electrons. The van der Waals surface area contributed by atoms with Gasteiger partial charge in [0.1, 0.15) is 0 Å². The summed E-state index contributed by atoms with van der Waals surface area (Å²) in [4.78, 5) is 12.3. The molecule has 3 heterocycles. The van der Waals surface area contributed by atoms with Gasteiger partial charge in [-0.25, -0.2) is 9.97 Å². The Labute approximate surface area is 156 Å². The maximum atomic E-state index is 5.57. The number of benzene rings is 1. The van der Waals surface area contributed by atoms with Crippen LogP contribution in [0, 0.1) is 11.7 Å². The molecule has 3 aromatic rings. The minimum atomic E-state index is 0.621. The Bertz CT molecular complexity index is 910. The summed E-state index contributed by atoms with van der Waals surface area (Å²) in [7, 11) is 0. The van der Waals surface area contributed by atoms with E-state index < -0.39 is 0 Å². The highest BCUT2D eigenvalue weighted by Gasteiger charge is 2.22. The van der Waals surface area contributed by atoms with Crippen LogP contribution in [0.3, 0.4) is 0 Å². The standard InChI is InChI=1S/C17H20N8S/c1-14-3-5-15(6-4-14)25-17(26)24(20-21-25)13-22-9-11-23(12-10-22)16-18-7-2-8-19-16/h2-8H,9-13H2,1H3/p+1. The van der Waals surface area contributed by atoms with Gasteiger partial charge in [-0.2, -0.15) is 9.36 Å². The van der Waals surface area contributed by atoms with Crippen LogP contribution in [0.25, 0.3) is 5.69 Å². The minimum absolute atomic E-state index is 0.621. The predicted molar refractivity (Wildman–Crippen MR) is 99.9 cm³/mol. The zero-order valence-corrected chi connectivity index (χ0v) is 15.4. The number of nitrogens with one attached hydrogen (secondary N) is 1. The zero-order valence-electron chi connectivity index (χ0n) is 14.6. The summed E-state index contributed by atoms with van der Waals surface area (Å²) in [6.07, 6.45) is 3.56. The SMILES string of the molecule is Cc1ccc(-n2nnn(C[NH+]3CCN(c4ncccn4)CC3)c2=S)cc1. The lowest BCUT2D eigenvalue weighted by atomic mass is 10.2. The first-order chi connectivity index (χ1) is 12.7. The number of nitrogens with zero attached hydrogens (tertiary/aromatic N) is 7. The van der Waals surface area contributed by atoms with Crippen LogP contribution in [-0.4, -0.2) is 55.9 Å². The van der Waals surface area contributed by atoms with Crippen molar-refractivity contribution in [2.24, 2.45) is 0 Å². The molecule has 1 aromatic carbocycles. The van der Waals surface area contributed by atoms with Crippen molar-refractivity contribution in [3.8, 4) is 5.69 Å². The lowest BCUT2D eigenvalue weighted by Gasteiger charge is -2.31. The molecule has 8 nitrogen and oxygen atoms in total. The van der Waals surface area contributed by atoms with Crippen LogP contribution < -0.4 is 9.80 Å². The number of piperazine rings is 1. The fraction of sp³-hybridized carbons (Fsp3) is 0.353. The van der Waals surface area contributed by atoms with Crippen molar-refractivity contribution < 1.29 is 4.90 Å². The van der Waals surface area contributed by atoms with Crippen molar-refractivity contribution in [1.29, 1.82) is 0 Å². The Morgan fingerprint density at radius 1 is 1.04 bits per heavy atom. The molecule has 1 fully saturated rings. The van der Waals surface area contributed by atoms with E-state index in [1.165, 1.54) is 10.5 Å². The first-order valence-corrected chi connectivity index (χ1v) is 9.07. The molecule has 0 spiro atoms. The highest BCUT2D eigenvalue weighted by Crippen LogP contribution is 2.08. The molecule has 0 aliphatic carbocycles. The lowest BCUT2D eigenvalue weighted by molar-refractivity contribution is -0.924. The summed E-state index contributed by atoms with van der Waals surface area (Å²) in [6, 6.07) is 9.95. The second-order valence-electron chi connectivity index (χ2n) is 6.45. The Morgan fingerprint density at radius 3 is 2.42 bits per heavy atom. The summed E-state index contributed by atoms with van der Waals surface area (Å²) in [5.74, 6) is 0.800. The molecular weight excluding hydrogens is 348 g/mol. The number of tetrazole rings is 1. The van der Waals surface area contributed by atoms with Crippen molar-refractivity contribution in [3.63, 3.8) is 0 Å². The number of aromatic nitrogens is 6. The summed E-state index contributed by atoms with van der Waals surface area (Å²) < 4.78 is 4.14. The van der Waals surface area contributed by atoms with Gasteiger partial charge in [-0.15, -0.1) is 0 Å². The smallest absolute Gasteiger partial charge is 0.225 e. The van der Waals surface area contributed by atoms with Crippen molar-refractivity contribution in [3.05, 3.63) is 53.1 Å². The van der Waals surface area contributed by atoms with Crippen molar-refractivity contribution in [1.82, 2.24) is 29.8 Å². The van der Waals surface area contributed by atoms with Gasteiger partial charge in [0.15, 0.2) is 6.67 Å². The number of hydrogen-bond donors (Lipinski definition) is 1. The van der Waals surface area contributed by atoms with Gasteiger partial charge in [-0.1, -0.05) is 17.7 Å². The van der Waals surface area contributed by atoms with E-state index in [9.17, 15) is 0 Å².